The van der Waals surface area contributed by atoms with Crippen LogP contribution in [0.4, 0.5) is 0 Å². The second kappa shape index (κ2) is 11.0. The van der Waals surface area contributed by atoms with Crippen LogP contribution in [0.15, 0.2) is 15.0 Å². The van der Waals surface area contributed by atoms with E-state index in [9.17, 15) is 5.11 Å². The number of methoxy groups -OCH3 is 1. The number of nitrogens with zero attached hydrogens (tertiary/aromatic N) is 1. The van der Waals surface area contributed by atoms with Crippen LogP contribution in [0.25, 0.3) is 0 Å². The fourth-order valence-corrected chi connectivity index (χ4v) is 3.80. The molecule has 134 valence electrons. The quantitative estimate of drug-likeness (QED) is 0.632. The molecule has 1 saturated heterocycles. The summed E-state index contributed by atoms with van der Waals surface area (Å²) in [6.45, 7) is 6.33. The SMILES string of the molecule is CCC[C@@H](c1cc(OC)c(O)c(Br)c1Br)N1CCNCC1.Cl.Cl. The number of hydrogen-bond donors (Lipinski definition) is 2. The fraction of sp³-hybridized carbons (Fsp3) is 0.600. The van der Waals surface area contributed by atoms with E-state index in [1.807, 2.05) is 6.07 Å². The van der Waals surface area contributed by atoms with Crippen LogP contribution in [-0.2, 0) is 0 Å². The van der Waals surface area contributed by atoms with Crippen molar-refractivity contribution in [3.05, 3.63) is 20.6 Å². The molecule has 8 heteroatoms. The maximum absolute atomic E-state index is 10.1. The van der Waals surface area contributed by atoms with Crippen LogP contribution < -0.4 is 10.1 Å². The average Bonchev–Trinajstić information content (AvgIpc) is 2.52. The van der Waals surface area contributed by atoms with Crippen LogP contribution in [-0.4, -0.2) is 43.3 Å². The molecule has 0 amide bonds. The molecule has 1 aliphatic heterocycles. The summed E-state index contributed by atoms with van der Waals surface area (Å²) in [6, 6.07) is 2.28. The summed E-state index contributed by atoms with van der Waals surface area (Å²) in [5.41, 5.74) is 1.17. The van der Waals surface area contributed by atoms with Gasteiger partial charge in [0.2, 0.25) is 0 Å². The molecule has 1 fully saturated rings. The number of hydrogen-bond acceptors (Lipinski definition) is 4. The average molecular weight is 495 g/mol. The predicted octanol–water partition coefficient (Wildman–Crippen LogP) is 4.52. The van der Waals surface area contributed by atoms with Gasteiger partial charge in [-0.2, -0.15) is 0 Å². The van der Waals surface area contributed by atoms with Crippen molar-refractivity contribution in [2.45, 2.75) is 25.8 Å². The fourth-order valence-electron chi connectivity index (χ4n) is 2.81. The molecule has 1 heterocycles. The molecule has 1 aromatic rings. The lowest BCUT2D eigenvalue weighted by atomic mass is 9.99. The first-order valence-electron chi connectivity index (χ1n) is 7.29. The van der Waals surface area contributed by atoms with Gasteiger partial charge < -0.3 is 15.2 Å². The van der Waals surface area contributed by atoms with E-state index in [2.05, 4.69) is 49.0 Å². The predicted molar refractivity (Wildman–Crippen MR) is 107 cm³/mol. The zero-order valence-electron chi connectivity index (χ0n) is 13.3. The van der Waals surface area contributed by atoms with Crippen molar-refractivity contribution < 1.29 is 9.84 Å². The van der Waals surface area contributed by atoms with E-state index in [0.29, 0.717) is 16.3 Å². The molecule has 0 bridgehead atoms. The summed E-state index contributed by atoms with van der Waals surface area (Å²) in [6.07, 6.45) is 2.20. The Bertz CT molecular complexity index is 501. The third-order valence-corrected chi connectivity index (χ3v) is 6.07. The summed E-state index contributed by atoms with van der Waals surface area (Å²) >= 11 is 7.08. The van der Waals surface area contributed by atoms with E-state index in [-0.39, 0.29) is 30.6 Å². The molecule has 2 rings (SSSR count). The molecule has 23 heavy (non-hydrogen) atoms. The highest BCUT2D eigenvalue weighted by Gasteiger charge is 2.26. The molecule has 1 aromatic carbocycles. The summed E-state index contributed by atoms with van der Waals surface area (Å²) in [5, 5.41) is 13.5. The number of halogens is 4. The molecule has 4 nitrogen and oxygen atoms in total. The largest absolute Gasteiger partial charge is 0.503 e. The normalized spacial score (nSPS) is 16.2. The molecule has 0 radical (unpaired) electrons. The summed E-state index contributed by atoms with van der Waals surface area (Å²) in [4.78, 5) is 2.50. The Balaban J connectivity index is 0.00000242. The molecule has 1 atom stereocenters. The molecule has 0 unspecified atom stereocenters. The third kappa shape index (κ3) is 5.38. The van der Waals surface area contributed by atoms with Crippen molar-refractivity contribution >= 4 is 56.7 Å². The van der Waals surface area contributed by atoms with Crippen LogP contribution in [0.1, 0.15) is 31.4 Å². The standard InChI is InChI=1S/C15H22Br2N2O2.2ClH/c1-3-4-11(19-7-5-18-6-8-19)10-9-12(21-2)15(20)14(17)13(10)16;;/h9,11,18,20H,3-8H2,1-2H3;2*1H/t11-;;/m0../s1. The van der Waals surface area contributed by atoms with Gasteiger partial charge in [0.15, 0.2) is 11.5 Å². The van der Waals surface area contributed by atoms with Gasteiger partial charge in [0.05, 0.1) is 11.6 Å². The number of aromatic hydroxyl groups is 1. The number of ether oxygens (including phenoxy) is 1. The first-order valence-corrected chi connectivity index (χ1v) is 8.88. The number of piperazine rings is 1. The highest BCUT2D eigenvalue weighted by atomic mass is 79.9. The Morgan fingerprint density at radius 3 is 2.39 bits per heavy atom. The van der Waals surface area contributed by atoms with E-state index in [4.69, 9.17) is 4.74 Å². The number of phenolic OH excluding ortho intramolecular Hbond substituents is 1. The van der Waals surface area contributed by atoms with Gasteiger partial charge in [-0.25, -0.2) is 0 Å². The van der Waals surface area contributed by atoms with Crippen LogP contribution in [0.3, 0.4) is 0 Å². The smallest absolute Gasteiger partial charge is 0.173 e. The van der Waals surface area contributed by atoms with Crippen molar-refractivity contribution in [2.75, 3.05) is 33.3 Å². The maximum atomic E-state index is 10.1. The minimum Gasteiger partial charge on any atom is -0.503 e. The Labute approximate surface area is 167 Å². The van der Waals surface area contributed by atoms with Gasteiger partial charge in [-0.1, -0.05) is 13.3 Å². The summed E-state index contributed by atoms with van der Waals surface area (Å²) < 4.78 is 6.88. The van der Waals surface area contributed by atoms with Gasteiger partial charge in [-0.3, -0.25) is 4.90 Å². The Morgan fingerprint density at radius 2 is 1.87 bits per heavy atom. The second-order valence-corrected chi connectivity index (χ2v) is 6.82. The first-order chi connectivity index (χ1) is 10.1. The Hall–Kier alpha value is 0.280. The highest BCUT2D eigenvalue weighted by molar-refractivity contribution is 9.13. The number of phenols is 1. The Morgan fingerprint density at radius 1 is 1.26 bits per heavy atom. The van der Waals surface area contributed by atoms with Crippen molar-refractivity contribution in [3.8, 4) is 11.5 Å². The van der Waals surface area contributed by atoms with Gasteiger partial charge in [0.25, 0.3) is 0 Å². The molecular formula is C15H24Br2Cl2N2O2. The molecule has 1 aliphatic rings. The van der Waals surface area contributed by atoms with E-state index < -0.39 is 0 Å². The molecule has 0 saturated carbocycles. The minimum atomic E-state index is 0. The van der Waals surface area contributed by atoms with Crippen molar-refractivity contribution in [1.29, 1.82) is 0 Å². The topological polar surface area (TPSA) is 44.7 Å². The van der Waals surface area contributed by atoms with E-state index >= 15 is 0 Å². The van der Waals surface area contributed by atoms with Crippen molar-refractivity contribution in [1.82, 2.24) is 10.2 Å². The van der Waals surface area contributed by atoms with Gasteiger partial charge in [0, 0.05) is 36.7 Å². The molecule has 0 aliphatic carbocycles. The summed E-state index contributed by atoms with van der Waals surface area (Å²) in [5.74, 6) is 0.653. The number of benzene rings is 1. The van der Waals surface area contributed by atoms with Crippen LogP contribution in [0.2, 0.25) is 0 Å². The van der Waals surface area contributed by atoms with Gasteiger partial charge >= 0.3 is 0 Å². The molecule has 0 aromatic heterocycles. The third-order valence-electron chi connectivity index (χ3n) is 3.91. The van der Waals surface area contributed by atoms with E-state index in [1.54, 1.807) is 7.11 Å². The molecule has 0 spiro atoms. The lowest BCUT2D eigenvalue weighted by Crippen LogP contribution is -2.45. The maximum Gasteiger partial charge on any atom is 0.173 e. The zero-order chi connectivity index (χ0) is 15.4. The second-order valence-electron chi connectivity index (χ2n) is 5.24. The van der Waals surface area contributed by atoms with Crippen LogP contribution >= 0.6 is 56.7 Å². The monoisotopic (exact) mass is 492 g/mol. The Kier molecular flexibility index (Phi) is 11.1. The van der Waals surface area contributed by atoms with Gasteiger partial charge in [-0.15, -0.1) is 24.8 Å². The van der Waals surface area contributed by atoms with Gasteiger partial charge in [-0.05, 0) is 49.9 Å². The minimum absolute atomic E-state index is 0. The van der Waals surface area contributed by atoms with Crippen LogP contribution in [0, 0.1) is 0 Å². The van der Waals surface area contributed by atoms with E-state index in [0.717, 1.165) is 43.5 Å². The van der Waals surface area contributed by atoms with E-state index in [1.165, 1.54) is 5.56 Å². The van der Waals surface area contributed by atoms with Crippen molar-refractivity contribution in [2.24, 2.45) is 0 Å². The van der Waals surface area contributed by atoms with Gasteiger partial charge in [0.1, 0.15) is 0 Å². The lowest BCUT2D eigenvalue weighted by Gasteiger charge is -2.36. The molecule has 2 N–H and O–H groups in total. The first kappa shape index (κ1) is 23.3. The number of rotatable bonds is 5. The van der Waals surface area contributed by atoms with Crippen molar-refractivity contribution in [3.63, 3.8) is 0 Å². The summed E-state index contributed by atoms with van der Waals surface area (Å²) in [7, 11) is 1.58. The lowest BCUT2D eigenvalue weighted by molar-refractivity contribution is 0.163. The zero-order valence-corrected chi connectivity index (χ0v) is 18.1. The number of nitrogens with one attached hydrogen (secondary N) is 1. The highest BCUT2D eigenvalue weighted by Crippen LogP contribution is 2.45. The molecular weight excluding hydrogens is 471 g/mol. The van der Waals surface area contributed by atoms with Crippen LogP contribution in [0.5, 0.6) is 11.5 Å².